The Balaban J connectivity index is 4.52. The predicted molar refractivity (Wildman–Crippen MR) is 40.7 cm³/mol. The molecule has 0 saturated carbocycles. The van der Waals surface area contributed by atoms with E-state index in [0.29, 0.717) is 0 Å². The lowest BCUT2D eigenvalue weighted by Gasteiger charge is -2.02. The molecular formula is C6H9FO4S. The highest BCUT2D eigenvalue weighted by Gasteiger charge is 2.23. The van der Waals surface area contributed by atoms with E-state index in [0.717, 1.165) is 0 Å². The molecule has 0 N–H and O–H groups in total. The zero-order chi connectivity index (χ0) is 9.78. The molecule has 0 amide bonds. The minimum atomic E-state index is -4.16. The lowest BCUT2D eigenvalue weighted by Crippen LogP contribution is -2.16. The van der Waals surface area contributed by atoms with Crippen molar-refractivity contribution in [3.8, 4) is 0 Å². The Morgan fingerprint density at radius 3 is 2.42 bits per heavy atom. The van der Waals surface area contributed by atoms with E-state index >= 15 is 0 Å². The van der Waals surface area contributed by atoms with Gasteiger partial charge in [-0.3, -0.25) is 0 Å². The molecule has 0 spiro atoms. The number of carbonyl (C=O) groups is 1. The SMILES string of the molecule is C=C(C(=O)OCC)S(=O)(=O)CF. The van der Waals surface area contributed by atoms with Crippen molar-refractivity contribution in [3.05, 3.63) is 11.5 Å². The zero-order valence-electron chi connectivity index (χ0n) is 6.54. The lowest BCUT2D eigenvalue weighted by molar-refractivity contribution is -0.137. The smallest absolute Gasteiger partial charge is 0.349 e. The van der Waals surface area contributed by atoms with Gasteiger partial charge in [0.05, 0.1) is 6.61 Å². The van der Waals surface area contributed by atoms with Gasteiger partial charge in [-0.2, -0.15) is 0 Å². The van der Waals surface area contributed by atoms with Gasteiger partial charge in [0, 0.05) is 0 Å². The first-order valence-electron chi connectivity index (χ1n) is 3.10. The summed E-state index contributed by atoms with van der Waals surface area (Å²) in [6.45, 7) is 4.45. The molecule has 0 rings (SSSR count). The molecule has 0 saturated heterocycles. The molecule has 0 unspecified atom stereocenters. The predicted octanol–water partition coefficient (Wildman–Crippen LogP) is 0.405. The third kappa shape index (κ3) is 2.61. The molecule has 0 radical (unpaired) electrons. The van der Waals surface area contributed by atoms with Crippen molar-refractivity contribution in [2.24, 2.45) is 0 Å². The summed E-state index contributed by atoms with van der Waals surface area (Å²) in [6, 6.07) is -1.63. The van der Waals surface area contributed by atoms with Gasteiger partial charge in [0.15, 0.2) is 6.01 Å². The van der Waals surface area contributed by atoms with E-state index in [2.05, 4.69) is 11.3 Å². The Morgan fingerprint density at radius 2 is 2.08 bits per heavy atom. The van der Waals surface area contributed by atoms with Crippen molar-refractivity contribution >= 4 is 15.8 Å². The minimum Gasteiger partial charge on any atom is -0.462 e. The van der Waals surface area contributed by atoms with Crippen LogP contribution in [0.15, 0.2) is 11.5 Å². The molecule has 0 bridgehead atoms. The van der Waals surface area contributed by atoms with Crippen molar-refractivity contribution in [1.82, 2.24) is 0 Å². The number of hydrogen-bond acceptors (Lipinski definition) is 4. The maximum atomic E-state index is 11.8. The van der Waals surface area contributed by atoms with Crippen molar-refractivity contribution in [2.75, 3.05) is 12.6 Å². The highest BCUT2D eigenvalue weighted by molar-refractivity contribution is 7.96. The highest BCUT2D eigenvalue weighted by Crippen LogP contribution is 2.07. The van der Waals surface area contributed by atoms with Gasteiger partial charge in [0.2, 0.25) is 9.84 Å². The molecular weight excluding hydrogens is 187 g/mol. The van der Waals surface area contributed by atoms with Gasteiger partial charge in [0.1, 0.15) is 4.91 Å². The first-order valence-corrected chi connectivity index (χ1v) is 4.75. The molecule has 0 aliphatic carbocycles. The summed E-state index contributed by atoms with van der Waals surface area (Å²) in [5.74, 6) is -1.10. The van der Waals surface area contributed by atoms with E-state index in [1.165, 1.54) is 6.92 Å². The van der Waals surface area contributed by atoms with E-state index in [4.69, 9.17) is 0 Å². The van der Waals surface area contributed by atoms with Crippen LogP contribution in [0.4, 0.5) is 4.39 Å². The molecule has 0 fully saturated rings. The average Bonchev–Trinajstić information content (AvgIpc) is 2.03. The Hall–Kier alpha value is -0.910. The molecule has 4 nitrogen and oxygen atoms in total. The third-order valence-corrected chi connectivity index (χ3v) is 2.23. The Labute approximate surface area is 69.9 Å². The summed E-state index contributed by atoms with van der Waals surface area (Å²) >= 11 is 0. The molecule has 0 aromatic heterocycles. The minimum absolute atomic E-state index is 0.0274. The molecule has 0 aliphatic rings. The zero-order valence-corrected chi connectivity index (χ0v) is 7.36. The molecule has 0 atom stereocenters. The topological polar surface area (TPSA) is 60.4 Å². The number of alkyl halides is 1. The summed E-state index contributed by atoms with van der Waals surface area (Å²) in [5, 5.41) is 0. The molecule has 0 aromatic rings. The van der Waals surface area contributed by atoms with Crippen molar-refractivity contribution in [3.63, 3.8) is 0 Å². The van der Waals surface area contributed by atoms with Crippen LogP contribution < -0.4 is 0 Å². The second-order valence-corrected chi connectivity index (χ2v) is 3.81. The van der Waals surface area contributed by atoms with E-state index in [1.807, 2.05) is 0 Å². The van der Waals surface area contributed by atoms with Gasteiger partial charge in [0.25, 0.3) is 0 Å². The Morgan fingerprint density at radius 1 is 1.58 bits per heavy atom. The van der Waals surface area contributed by atoms with Crippen LogP contribution in [0.2, 0.25) is 0 Å². The fourth-order valence-corrected chi connectivity index (χ4v) is 0.849. The van der Waals surface area contributed by atoms with Gasteiger partial charge in [-0.25, -0.2) is 17.6 Å². The largest absolute Gasteiger partial charge is 0.462 e. The van der Waals surface area contributed by atoms with Gasteiger partial charge in [-0.15, -0.1) is 0 Å². The van der Waals surface area contributed by atoms with Crippen molar-refractivity contribution in [1.29, 1.82) is 0 Å². The van der Waals surface area contributed by atoms with Crippen LogP contribution in [0, 0.1) is 0 Å². The van der Waals surface area contributed by atoms with Crippen LogP contribution in [0.5, 0.6) is 0 Å². The van der Waals surface area contributed by atoms with Gasteiger partial charge in [-0.05, 0) is 6.92 Å². The Bertz CT molecular complexity index is 280. The van der Waals surface area contributed by atoms with Crippen LogP contribution in [0.3, 0.4) is 0 Å². The number of halogens is 1. The van der Waals surface area contributed by atoms with Crippen LogP contribution in [0.25, 0.3) is 0 Å². The van der Waals surface area contributed by atoms with Gasteiger partial charge in [-0.1, -0.05) is 6.58 Å². The quantitative estimate of drug-likeness (QED) is 0.482. The molecule has 70 valence electrons. The molecule has 0 heterocycles. The maximum Gasteiger partial charge on any atom is 0.349 e. The molecule has 12 heavy (non-hydrogen) atoms. The van der Waals surface area contributed by atoms with E-state index < -0.39 is 26.7 Å². The average molecular weight is 196 g/mol. The number of rotatable bonds is 4. The summed E-state index contributed by atoms with van der Waals surface area (Å²) in [6.07, 6.45) is 0. The van der Waals surface area contributed by atoms with Crippen molar-refractivity contribution < 1.29 is 22.3 Å². The monoisotopic (exact) mass is 196 g/mol. The van der Waals surface area contributed by atoms with E-state index in [-0.39, 0.29) is 6.61 Å². The van der Waals surface area contributed by atoms with Crippen LogP contribution >= 0.6 is 0 Å². The van der Waals surface area contributed by atoms with Crippen LogP contribution in [-0.4, -0.2) is 27.0 Å². The van der Waals surface area contributed by atoms with Crippen LogP contribution in [0.1, 0.15) is 6.92 Å². The number of esters is 1. The van der Waals surface area contributed by atoms with Crippen molar-refractivity contribution in [2.45, 2.75) is 6.92 Å². The Kier molecular flexibility index (Phi) is 3.88. The lowest BCUT2D eigenvalue weighted by atomic mass is 10.6. The number of hydrogen-bond donors (Lipinski definition) is 0. The summed E-state index contributed by atoms with van der Waals surface area (Å²) in [7, 11) is -4.16. The molecule has 0 aliphatic heterocycles. The number of ether oxygens (including phenoxy) is 1. The fourth-order valence-electron chi connectivity index (χ4n) is 0.404. The standard InChI is InChI=1S/C6H9FO4S/c1-3-11-6(8)5(2)12(9,10)4-7/h2-4H2,1H3. The van der Waals surface area contributed by atoms with Gasteiger partial charge >= 0.3 is 5.97 Å². The molecule has 0 aromatic carbocycles. The maximum absolute atomic E-state index is 11.8. The summed E-state index contributed by atoms with van der Waals surface area (Å²) in [4.78, 5) is 9.84. The number of carbonyl (C=O) groups excluding carboxylic acids is 1. The first-order chi connectivity index (χ1) is 5.45. The van der Waals surface area contributed by atoms with E-state index in [1.54, 1.807) is 0 Å². The van der Waals surface area contributed by atoms with Crippen LogP contribution in [-0.2, 0) is 19.4 Å². The normalized spacial score (nSPS) is 10.8. The highest BCUT2D eigenvalue weighted by atomic mass is 32.2. The van der Waals surface area contributed by atoms with E-state index in [9.17, 15) is 17.6 Å². The third-order valence-electron chi connectivity index (χ3n) is 1.02. The molecule has 6 heteroatoms. The first kappa shape index (κ1) is 11.1. The summed E-state index contributed by atoms with van der Waals surface area (Å²) < 4.78 is 37.4. The van der Waals surface area contributed by atoms with Gasteiger partial charge < -0.3 is 4.74 Å². The summed E-state index contributed by atoms with van der Waals surface area (Å²) in [5.41, 5.74) is 0. The number of sulfone groups is 1. The second kappa shape index (κ2) is 4.20. The fraction of sp³-hybridized carbons (Fsp3) is 0.500. The second-order valence-electron chi connectivity index (χ2n) is 1.87.